The van der Waals surface area contributed by atoms with E-state index in [9.17, 15) is 0 Å². The van der Waals surface area contributed by atoms with Crippen molar-refractivity contribution in [3.63, 3.8) is 0 Å². The van der Waals surface area contributed by atoms with Crippen LogP contribution in [-0.2, 0) is 0 Å². The molecule has 0 saturated carbocycles. The molecule has 0 aliphatic carbocycles. The normalized spacial score (nSPS) is 11.3. The minimum absolute atomic E-state index is 0.864. The Morgan fingerprint density at radius 3 is 1.67 bits per heavy atom. The number of para-hydroxylation sites is 2. The summed E-state index contributed by atoms with van der Waals surface area (Å²) in [4.78, 5) is 2.34. The zero-order valence-electron chi connectivity index (χ0n) is 26.3. The van der Waals surface area contributed by atoms with Gasteiger partial charge in [-0.15, -0.1) is 0 Å². The van der Waals surface area contributed by atoms with Gasteiger partial charge >= 0.3 is 0 Å². The number of rotatable bonds is 6. The lowest BCUT2D eigenvalue weighted by Gasteiger charge is -2.27. The van der Waals surface area contributed by atoms with Gasteiger partial charge in [-0.1, -0.05) is 146 Å². The molecule has 9 aromatic rings. The lowest BCUT2D eigenvalue weighted by atomic mass is 9.96. The number of hydrogen-bond acceptors (Lipinski definition) is 2. The van der Waals surface area contributed by atoms with E-state index < -0.39 is 0 Å². The van der Waals surface area contributed by atoms with E-state index >= 15 is 0 Å². The monoisotopic (exact) mass is 613 g/mol. The van der Waals surface area contributed by atoms with Crippen molar-refractivity contribution in [3.8, 4) is 33.4 Å². The highest BCUT2D eigenvalue weighted by Gasteiger charge is 2.21. The lowest BCUT2D eigenvalue weighted by molar-refractivity contribution is 0.669. The van der Waals surface area contributed by atoms with Crippen LogP contribution in [0, 0.1) is 0 Å². The highest BCUT2D eigenvalue weighted by molar-refractivity contribution is 6.10. The Kier molecular flexibility index (Phi) is 6.84. The highest BCUT2D eigenvalue weighted by atomic mass is 16.3. The van der Waals surface area contributed by atoms with Gasteiger partial charge in [-0.3, -0.25) is 0 Å². The van der Waals surface area contributed by atoms with E-state index in [2.05, 4.69) is 181 Å². The smallest absolute Gasteiger partial charge is 0.159 e. The molecule has 9 rings (SSSR count). The van der Waals surface area contributed by atoms with Crippen LogP contribution in [0.5, 0.6) is 0 Å². The van der Waals surface area contributed by atoms with Crippen molar-refractivity contribution in [1.29, 1.82) is 0 Å². The third-order valence-electron chi connectivity index (χ3n) is 9.24. The first-order chi connectivity index (χ1) is 23.8. The molecule has 0 unspecified atom stereocenters. The van der Waals surface area contributed by atoms with Crippen LogP contribution in [0.15, 0.2) is 192 Å². The van der Waals surface area contributed by atoms with E-state index in [4.69, 9.17) is 4.42 Å². The Labute approximate surface area is 279 Å². The topological polar surface area (TPSA) is 16.4 Å². The molecule has 48 heavy (non-hydrogen) atoms. The molecule has 0 aliphatic heterocycles. The fourth-order valence-corrected chi connectivity index (χ4v) is 6.94. The third kappa shape index (κ3) is 4.92. The molecule has 2 nitrogen and oxygen atoms in total. The number of hydrogen-bond donors (Lipinski definition) is 0. The zero-order valence-corrected chi connectivity index (χ0v) is 26.3. The molecule has 8 aromatic carbocycles. The molecule has 0 saturated heterocycles. The number of fused-ring (bicyclic) bond motifs is 4. The van der Waals surface area contributed by atoms with Gasteiger partial charge in [-0.2, -0.15) is 0 Å². The predicted octanol–water partition coefficient (Wildman–Crippen LogP) is 13.2. The molecule has 0 atom stereocenters. The summed E-state index contributed by atoms with van der Waals surface area (Å²) >= 11 is 0. The molecule has 0 amide bonds. The van der Waals surface area contributed by atoms with Crippen molar-refractivity contribution in [2.24, 2.45) is 0 Å². The highest BCUT2D eigenvalue weighted by Crippen LogP contribution is 2.44. The van der Waals surface area contributed by atoms with E-state index in [0.29, 0.717) is 0 Å². The van der Waals surface area contributed by atoms with E-state index in [1.54, 1.807) is 0 Å². The maximum absolute atomic E-state index is 6.64. The number of benzene rings is 8. The van der Waals surface area contributed by atoms with Gasteiger partial charge in [-0.05, 0) is 86.6 Å². The maximum atomic E-state index is 6.64. The fraction of sp³-hybridized carbons (Fsp3) is 0. The average molecular weight is 614 g/mol. The molecule has 226 valence electrons. The molecule has 0 fully saturated rings. The van der Waals surface area contributed by atoms with Crippen molar-refractivity contribution in [2.45, 2.75) is 0 Å². The van der Waals surface area contributed by atoms with Gasteiger partial charge in [0.2, 0.25) is 0 Å². The Morgan fingerprint density at radius 2 is 0.938 bits per heavy atom. The van der Waals surface area contributed by atoms with E-state index in [0.717, 1.165) is 50.1 Å². The second-order valence-corrected chi connectivity index (χ2v) is 12.2. The van der Waals surface area contributed by atoms with Gasteiger partial charge in [0.1, 0.15) is 5.58 Å². The van der Waals surface area contributed by atoms with Crippen molar-refractivity contribution in [1.82, 2.24) is 0 Å². The quantitative estimate of drug-likeness (QED) is 0.185. The van der Waals surface area contributed by atoms with Crippen molar-refractivity contribution < 1.29 is 4.42 Å². The Hall–Kier alpha value is -6.38. The summed E-state index contributed by atoms with van der Waals surface area (Å²) in [6, 6.07) is 66.9. The number of nitrogens with zero attached hydrogens (tertiary/aromatic N) is 1. The average Bonchev–Trinajstić information content (AvgIpc) is 3.55. The van der Waals surface area contributed by atoms with Gasteiger partial charge in [0.15, 0.2) is 5.58 Å². The standard InChI is InChI=1S/C46H31NO/c1-3-13-32(14-4-1)36-29-37(33-15-5-2-6-16-33)31-39(30-36)47(44-23-12-22-43-42-20-9-10-24-45(42)48-46(43)44)38-27-25-35(26-28-38)41-21-11-18-34-17-7-8-19-40(34)41/h1-31H. The van der Waals surface area contributed by atoms with Crippen LogP contribution < -0.4 is 4.90 Å². The molecule has 1 heterocycles. The SMILES string of the molecule is c1ccc(-c2cc(-c3ccccc3)cc(N(c3ccc(-c4cccc5ccccc45)cc3)c3cccc4c3oc3ccccc34)c2)cc1. The molecule has 2 heteroatoms. The summed E-state index contributed by atoms with van der Waals surface area (Å²) in [6.45, 7) is 0. The fourth-order valence-electron chi connectivity index (χ4n) is 6.94. The molecule has 0 N–H and O–H groups in total. The largest absolute Gasteiger partial charge is 0.454 e. The maximum Gasteiger partial charge on any atom is 0.159 e. The minimum Gasteiger partial charge on any atom is -0.454 e. The second-order valence-electron chi connectivity index (χ2n) is 12.2. The number of anilines is 3. The second kappa shape index (κ2) is 11.8. The molecule has 1 aromatic heterocycles. The van der Waals surface area contributed by atoms with Crippen LogP contribution in [0.25, 0.3) is 66.1 Å². The number of furan rings is 1. The third-order valence-corrected chi connectivity index (χ3v) is 9.24. The Balaban J connectivity index is 1.28. The molecule has 0 radical (unpaired) electrons. The van der Waals surface area contributed by atoms with Gasteiger partial charge in [0.25, 0.3) is 0 Å². The molecular formula is C46H31NO. The van der Waals surface area contributed by atoms with E-state index in [-0.39, 0.29) is 0 Å². The lowest BCUT2D eigenvalue weighted by Crippen LogP contribution is -2.10. The van der Waals surface area contributed by atoms with Crippen LogP contribution in [0.4, 0.5) is 17.1 Å². The predicted molar refractivity (Wildman–Crippen MR) is 202 cm³/mol. The Morgan fingerprint density at radius 1 is 0.354 bits per heavy atom. The summed E-state index contributed by atoms with van der Waals surface area (Å²) in [5.74, 6) is 0. The molecule has 0 spiro atoms. The summed E-state index contributed by atoms with van der Waals surface area (Å²) in [5.41, 5.74) is 11.9. The first kappa shape index (κ1) is 27.9. The van der Waals surface area contributed by atoms with Crippen LogP contribution in [0.2, 0.25) is 0 Å². The van der Waals surface area contributed by atoms with Gasteiger partial charge in [-0.25, -0.2) is 0 Å². The molecule has 0 bridgehead atoms. The van der Waals surface area contributed by atoms with Crippen LogP contribution in [0.3, 0.4) is 0 Å². The summed E-state index contributed by atoms with van der Waals surface area (Å²) < 4.78 is 6.64. The summed E-state index contributed by atoms with van der Waals surface area (Å²) in [5, 5.41) is 4.70. The van der Waals surface area contributed by atoms with Crippen LogP contribution in [-0.4, -0.2) is 0 Å². The van der Waals surface area contributed by atoms with Gasteiger partial charge in [0.05, 0.1) is 5.69 Å². The van der Waals surface area contributed by atoms with Crippen LogP contribution in [0.1, 0.15) is 0 Å². The summed E-state index contributed by atoms with van der Waals surface area (Å²) in [6.07, 6.45) is 0. The van der Waals surface area contributed by atoms with E-state index in [1.165, 1.54) is 33.0 Å². The minimum atomic E-state index is 0.864. The Bertz CT molecular complexity index is 2480. The van der Waals surface area contributed by atoms with Crippen molar-refractivity contribution >= 4 is 49.8 Å². The van der Waals surface area contributed by atoms with Crippen LogP contribution >= 0.6 is 0 Å². The molecular weight excluding hydrogens is 583 g/mol. The van der Waals surface area contributed by atoms with E-state index in [1.807, 2.05) is 12.1 Å². The van der Waals surface area contributed by atoms with Gasteiger partial charge < -0.3 is 9.32 Å². The summed E-state index contributed by atoms with van der Waals surface area (Å²) in [7, 11) is 0. The van der Waals surface area contributed by atoms with Crippen molar-refractivity contribution in [2.75, 3.05) is 4.90 Å². The zero-order chi connectivity index (χ0) is 31.9. The van der Waals surface area contributed by atoms with Crippen molar-refractivity contribution in [3.05, 3.63) is 188 Å². The molecule has 0 aliphatic rings. The van der Waals surface area contributed by atoms with Gasteiger partial charge in [0, 0.05) is 22.1 Å². The first-order valence-electron chi connectivity index (χ1n) is 16.3. The first-order valence-corrected chi connectivity index (χ1v) is 16.3.